The summed E-state index contributed by atoms with van der Waals surface area (Å²) in [5, 5.41) is 0.659. The van der Waals surface area contributed by atoms with Crippen molar-refractivity contribution in [1.29, 1.82) is 0 Å². The average Bonchev–Trinajstić information content (AvgIpc) is 2.46. The van der Waals surface area contributed by atoms with Gasteiger partial charge in [-0.25, -0.2) is 4.79 Å². The van der Waals surface area contributed by atoms with Crippen molar-refractivity contribution in [3.05, 3.63) is 28.2 Å². The Balaban J connectivity index is 0.00000484. The van der Waals surface area contributed by atoms with Crippen LogP contribution in [0.1, 0.15) is 19.8 Å². The normalized spacial score (nSPS) is 14.3. The smallest absolute Gasteiger partial charge is 0.776 e. The fourth-order valence-electron chi connectivity index (χ4n) is 1.56. The fourth-order valence-corrected chi connectivity index (χ4v) is 3.08. The maximum Gasteiger partial charge on any atom is 1.00 e. The third-order valence-electron chi connectivity index (χ3n) is 2.65. The molecule has 124 valence electrons. The fraction of sp³-hybridized carbons (Fsp3) is 0.462. The zero-order valence-corrected chi connectivity index (χ0v) is 18.6. The summed E-state index contributed by atoms with van der Waals surface area (Å²) >= 11 is 11.6. The number of carbonyl (C=O) groups excluding carboxylic acids is 1. The molecule has 1 aromatic carbocycles. The van der Waals surface area contributed by atoms with Gasteiger partial charge in [0.1, 0.15) is 5.75 Å². The predicted octanol–water partition coefficient (Wildman–Crippen LogP) is 0.245. The molecule has 0 amide bonds. The number of carbonyl (C=O) groups is 1. The second-order valence-electron chi connectivity index (χ2n) is 4.32. The maximum absolute atomic E-state index is 11.7. The summed E-state index contributed by atoms with van der Waals surface area (Å²) in [6, 6.07) is 4.50. The van der Waals surface area contributed by atoms with Gasteiger partial charge in [-0.1, -0.05) is 36.5 Å². The molecule has 0 heterocycles. The Morgan fingerprint density at radius 3 is 2.57 bits per heavy atom. The molecule has 0 aliphatic heterocycles. The third kappa shape index (κ3) is 8.18. The standard InChI is InChI=1S/C13H17Cl2O6P.K/c1-3-4-13(22(17,18)19-2)21-12(16)8-20-11-6-5-9(14)7-10(11)15;/h5-7,13H,3-4,8H2,1-2H3,(H,17,18);/q;+1/p-1. The van der Waals surface area contributed by atoms with Crippen molar-refractivity contribution in [2.75, 3.05) is 13.7 Å². The minimum Gasteiger partial charge on any atom is -0.776 e. The van der Waals surface area contributed by atoms with Gasteiger partial charge in [0.05, 0.1) is 5.02 Å². The Labute approximate surface area is 187 Å². The van der Waals surface area contributed by atoms with Crippen LogP contribution in [0.4, 0.5) is 0 Å². The molecule has 0 fully saturated rings. The molecule has 0 aromatic heterocycles. The Morgan fingerprint density at radius 1 is 1.39 bits per heavy atom. The first-order valence-corrected chi connectivity index (χ1v) is 8.80. The summed E-state index contributed by atoms with van der Waals surface area (Å²) in [4.78, 5) is 23.4. The third-order valence-corrected chi connectivity index (χ3v) is 4.76. The van der Waals surface area contributed by atoms with Gasteiger partial charge in [0.2, 0.25) is 0 Å². The molecule has 0 saturated carbocycles. The van der Waals surface area contributed by atoms with E-state index in [1.54, 1.807) is 13.0 Å². The molecule has 1 aromatic rings. The summed E-state index contributed by atoms with van der Waals surface area (Å²) in [6.07, 6.45) is 0.652. The number of hydrogen-bond acceptors (Lipinski definition) is 6. The van der Waals surface area contributed by atoms with Crippen LogP contribution >= 0.6 is 30.8 Å². The van der Waals surface area contributed by atoms with E-state index < -0.39 is 26.0 Å². The second kappa shape index (κ2) is 11.5. The molecule has 0 saturated heterocycles. The van der Waals surface area contributed by atoms with Gasteiger partial charge < -0.3 is 23.5 Å². The zero-order valence-electron chi connectivity index (χ0n) is 13.1. The first-order valence-electron chi connectivity index (χ1n) is 6.44. The Kier molecular flexibility index (Phi) is 11.9. The van der Waals surface area contributed by atoms with Crippen molar-refractivity contribution in [2.45, 2.75) is 25.6 Å². The topological polar surface area (TPSA) is 84.9 Å². The number of ether oxygens (including phenoxy) is 2. The number of esters is 1. The molecule has 2 atom stereocenters. The summed E-state index contributed by atoms with van der Waals surface area (Å²) in [6.45, 7) is 1.28. The Morgan fingerprint density at radius 2 is 2.04 bits per heavy atom. The van der Waals surface area contributed by atoms with Gasteiger partial charge in [0.15, 0.2) is 20.0 Å². The number of hydrogen-bond donors (Lipinski definition) is 0. The van der Waals surface area contributed by atoms with Crippen LogP contribution in [0.3, 0.4) is 0 Å². The predicted molar refractivity (Wildman–Crippen MR) is 81.4 cm³/mol. The van der Waals surface area contributed by atoms with Gasteiger partial charge in [-0.3, -0.25) is 0 Å². The molecule has 0 bridgehead atoms. The monoisotopic (exact) mass is 408 g/mol. The van der Waals surface area contributed by atoms with Crippen molar-refractivity contribution in [3.8, 4) is 5.75 Å². The summed E-state index contributed by atoms with van der Waals surface area (Å²) in [5.41, 5.74) is 0. The van der Waals surface area contributed by atoms with Crippen molar-refractivity contribution in [2.24, 2.45) is 0 Å². The largest absolute Gasteiger partial charge is 1.00 e. The van der Waals surface area contributed by atoms with E-state index in [1.807, 2.05) is 0 Å². The van der Waals surface area contributed by atoms with Gasteiger partial charge in [-0.2, -0.15) is 0 Å². The van der Waals surface area contributed by atoms with E-state index in [9.17, 15) is 14.3 Å². The Bertz CT molecular complexity index is 571. The van der Waals surface area contributed by atoms with Gasteiger partial charge in [-0.15, -0.1) is 0 Å². The molecule has 1 rings (SSSR count). The summed E-state index contributed by atoms with van der Waals surface area (Å²) < 4.78 is 26.1. The maximum atomic E-state index is 11.7. The molecular weight excluding hydrogens is 393 g/mol. The van der Waals surface area contributed by atoms with Crippen LogP contribution in [-0.2, 0) is 18.6 Å². The molecule has 6 nitrogen and oxygen atoms in total. The van der Waals surface area contributed by atoms with E-state index in [4.69, 9.17) is 32.7 Å². The molecule has 0 N–H and O–H groups in total. The summed E-state index contributed by atoms with van der Waals surface area (Å²) in [5.74, 6) is -1.93. The zero-order chi connectivity index (χ0) is 16.8. The van der Waals surface area contributed by atoms with Gasteiger partial charge in [0.25, 0.3) is 0 Å². The van der Waals surface area contributed by atoms with Crippen molar-refractivity contribution < 1.29 is 79.6 Å². The molecule has 0 spiro atoms. The van der Waals surface area contributed by atoms with E-state index in [-0.39, 0.29) is 68.6 Å². The van der Waals surface area contributed by atoms with Crippen LogP contribution < -0.4 is 61.0 Å². The van der Waals surface area contributed by atoms with Crippen molar-refractivity contribution in [1.82, 2.24) is 0 Å². The van der Waals surface area contributed by atoms with E-state index in [1.165, 1.54) is 12.1 Å². The van der Waals surface area contributed by atoms with Crippen LogP contribution in [0.15, 0.2) is 18.2 Å². The van der Waals surface area contributed by atoms with Crippen molar-refractivity contribution >= 4 is 36.8 Å². The van der Waals surface area contributed by atoms with Crippen LogP contribution in [0.25, 0.3) is 0 Å². The second-order valence-corrected chi connectivity index (χ2v) is 7.18. The van der Waals surface area contributed by atoms with Crippen LogP contribution in [-0.4, -0.2) is 25.5 Å². The first kappa shape index (κ1) is 23.9. The minimum atomic E-state index is -4.26. The van der Waals surface area contributed by atoms with Gasteiger partial charge >= 0.3 is 57.4 Å². The molecule has 2 unspecified atom stereocenters. The molecular formula is C13H16Cl2KO6P. The van der Waals surface area contributed by atoms with E-state index in [2.05, 4.69) is 4.52 Å². The molecule has 10 heteroatoms. The molecule has 0 radical (unpaired) electrons. The number of halogens is 2. The SMILES string of the molecule is CCCC(OC(=O)COc1ccc(Cl)cc1Cl)P(=O)([O-])OC.[K+]. The van der Waals surface area contributed by atoms with Gasteiger partial charge in [0, 0.05) is 12.1 Å². The quantitative estimate of drug-likeness (QED) is 0.348. The first-order chi connectivity index (χ1) is 10.3. The number of benzene rings is 1. The average molecular weight is 409 g/mol. The molecule has 0 aliphatic rings. The Hall–Kier alpha value is 0.856. The van der Waals surface area contributed by atoms with Crippen LogP contribution in [0, 0.1) is 0 Å². The van der Waals surface area contributed by atoms with Crippen molar-refractivity contribution in [3.63, 3.8) is 0 Å². The van der Waals surface area contributed by atoms with E-state index in [0.29, 0.717) is 11.4 Å². The van der Waals surface area contributed by atoms with Gasteiger partial charge in [-0.05, 0) is 24.6 Å². The number of rotatable bonds is 8. The van der Waals surface area contributed by atoms with E-state index in [0.717, 1.165) is 7.11 Å². The summed E-state index contributed by atoms with van der Waals surface area (Å²) in [7, 11) is -3.24. The molecule has 0 aliphatic carbocycles. The van der Waals surface area contributed by atoms with Crippen LogP contribution in [0.5, 0.6) is 5.75 Å². The minimum absolute atomic E-state index is 0. The van der Waals surface area contributed by atoms with Crippen LogP contribution in [0.2, 0.25) is 10.0 Å². The van der Waals surface area contributed by atoms with E-state index >= 15 is 0 Å². The molecule has 23 heavy (non-hydrogen) atoms.